The average Bonchev–Trinajstić information content (AvgIpc) is 3.16. The van der Waals surface area contributed by atoms with Crippen LogP contribution >= 0.6 is 12.2 Å². The van der Waals surface area contributed by atoms with Crippen LogP contribution in [0.2, 0.25) is 0 Å². The second-order valence-electron chi connectivity index (χ2n) is 6.47. The van der Waals surface area contributed by atoms with Crippen LogP contribution in [0.1, 0.15) is 19.7 Å². The number of rotatable bonds is 6. The van der Waals surface area contributed by atoms with Gasteiger partial charge in [-0.05, 0) is 56.4 Å². The number of non-ortho nitro benzene ring substituents is 1. The van der Waals surface area contributed by atoms with Crippen molar-refractivity contribution in [2.75, 3.05) is 5.32 Å². The Morgan fingerprint density at radius 2 is 2.00 bits per heavy atom. The minimum Gasteiger partial charge on any atom is -0.419 e. The van der Waals surface area contributed by atoms with Crippen molar-refractivity contribution in [1.29, 1.82) is 0 Å². The molecule has 3 rings (SSSR count). The van der Waals surface area contributed by atoms with E-state index in [4.69, 9.17) is 16.6 Å². The smallest absolute Gasteiger partial charge is 0.270 e. The summed E-state index contributed by atoms with van der Waals surface area (Å²) in [6.45, 7) is 4.15. The van der Waals surface area contributed by atoms with Crippen molar-refractivity contribution >= 4 is 28.7 Å². The van der Waals surface area contributed by atoms with Gasteiger partial charge in [-0.2, -0.15) is 0 Å². The van der Waals surface area contributed by atoms with E-state index >= 15 is 0 Å². The lowest BCUT2D eigenvalue weighted by Gasteiger charge is -2.28. The summed E-state index contributed by atoms with van der Waals surface area (Å²) in [4.78, 5) is 12.3. The first-order valence-corrected chi connectivity index (χ1v) is 9.14. The Hall–Kier alpha value is -3.40. The average molecular weight is 415 g/mol. The van der Waals surface area contributed by atoms with Gasteiger partial charge < -0.3 is 14.6 Å². The van der Waals surface area contributed by atoms with Gasteiger partial charge in [0.25, 0.3) is 5.69 Å². The van der Waals surface area contributed by atoms with E-state index in [1.165, 1.54) is 24.3 Å². The van der Waals surface area contributed by atoms with E-state index in [0.717, 1.165) is 0 Å². The lowest BCUT2D eigenvalue weighted by atomic mass is 10.2. The molecule has 0 radical (unpaired) electrons. The normalized spacial score (nSPS) is 10.8. The highest BCUT2D eigenvalue weighted by Crippen LogP contribution is 2.23. The quantitative estimate of drug-likeness (QED) is 0.360. The molecule has 150 valence electrons. The first kappa shape index (κ1) is 20.3. The van der Waals surface area contributed by atoms with Crippen molar-refractivity contribution in [3.63, 3.8) is 0 Å². The molecular formula is C19H18FN5O3S. The minimum atomic E-state index is -0.485. The molecule has 0 amide bonds. The molecule has 0 saturated heterocycles. The SMILES string of the molecule is CC(C)N(Cc1nnc(-c2cccc([N+](=O)[O-])c2)o1)C(=S)Nc1ccc(F)cc1. The molecule has 1 N–H and O–H groups in total. The number of anilines is 1. The van der Waals surface area contributed by atoms with Gasteiger partial charge in [-0.3, -0.25) is 10.1 Å². The zero-order chi connectivity index (χ0) is 21.0. The van der Waals surface area contributed by atoms with Gasteiger partial charge in [0.2, 0.25) is 11.8 Å². The van der Waals surface area contributed by atoms with Gasteiger partial charge in [-0.15, -0.1) is 10.2 Å². The molecule has 0 unspecified atom stereocenters. The molecule has 8 nitrogen and oxygen atoms in total. The zero-order valence-corrected chi connectivity index (χ0v) is 16.5. The van der Waals surface area contributed by atoms with Crippen LogP contribution in [0.3, 0.4) is 0 Å². The predicted molar refractivity (Wildman–Crippen MR) is 110 cm³/mol. The van der Waals surface area contributed by atoms with Gasteiger partial charge in [0.05, 0.1) is 11.5 Å². The summed E-state index contributed by atoms with van der Waals surface area (Å²) >= 11 is 5.47. The molecule has 0 aliphatic carbocycles. The minimum absolute atomic E-state index is 0.0172. The molecule has 0 aliphatic rings. The monoisotopic (exact) mass is 415 g/mol. The Kier molecular flexibility index (Phi) is 6.13. The topological polar surface area (TPSA) is 97.3 Å². The summed E-state index contributed by atoms with van der Waals surface area (Å²) < 4.78 is 18.8. The fourth-order valence-corrected chi connectivity index (χ4v) is 2.94. The number of hydrogen-bond acceptors (Lipinski definition) is 6. The third kappa shape index (κ3) is 5.11. The molecule has 0 spiro atoms. The number of aromatic nitrogens is 2. The van der Waals surface area contributed by atoms with Gasteiger partial charge in [-0.25, -0.2) is 4.39 Å². The Labute approximate surface area is 171 Å². The summed E-state index contributed by atoms with van der Waals surface area (Å²) in [6.07, 6.45) is 0. The second kappa shape index (κ2) is 8.74. The molecule has 1 heterocycles. The van der Waals surface area contributed by atoms with Crippen LogP contribution in [-0.2, 0) is 6.54 Å². The fourth-order valence-electron chi connectivity index (χ4n) is 2.55. The molecule has 0 atom stereocenters. The van der Waals surface area contributed by atoms with E-state index in [2.05, 4.69) is 15.5 Å². The maximum Gasteiger partial charge on any atom is 0.270 e. The first-order chi connectivity index (χ1) is 13.8. The van der Waals surface area contributed by atoms with Crippen LogP contribution in [0.15, 0.2) is 52.9 Å². The number of nitro groups is 1. The maximum absolute atomic E-state index is 13.1. The Balaban J connectivity index is 1.74. The van der Waals surface area contributed by atoms with E-state index < -0.39 is 4.92 Å². The third-order valence-electron chi connectivity index (χ3n) is 4.06. The fraction of sp³-hybridized carbons (Fsp3) is 0.211. The number of benzene rings is 2. The van der Waals surface area contributed by atoms with E-state index in [1.54, 1.807) is 24.3 Å². The summed E-state index contributed by atoms with van der Waals surface area (Å²) in [5.74, 6) is 0.162. The molecule has 0 bridgehead atoms. The number of nitrogens with zero attached hydrogens (tertiary/aromatic N) is 4. The molecule has 0 aliphatic heterocycles. The Morgan fingerprint density at radius 1 is 1.28 bits per heavy atom. The Bertz CT molecular complexity index is 1020. The van der Waals surface area contributed by atoms with Crippen molar-refractivity contribution in [2.45, 2.75) is 26.4 Å². The lowest BCUT2D eigenvalue weighted by molar-refractivity contribution is -0.384. The standard InChI is InChI=1S/C19H18FN5O3S/c1-12(2)24(19(29)21-15-8-6-14(20)7-9-15)11-17-22-23-18(28-17)13-4-3-5-16(10-13)25(26)27/h3-10,12H,11H2,1-2H3,(H,21,29). The highest BCUT2D eigenvalue weighted by molar-refractivity contribution is 7.80. The molecule has 3 aromatic rings. The first-order valence-electron chi connectivity index (χ1n) is 8.74. The number of thiocarbonyl (C=S) groups is 1. The van der Waals surface area contributed by atoms with Crippen LogP contribution in [0, 0.1) is 15.9 Å². The lowest BCUT2D eigenvalue weighted by Crippen LogP contribution is -2.39. The molecule has 2 aromatic carbocycles. The van der Waals surface area contributed by atoms with Crippen LogP contribution in [-0.4, -0.2) is 31.2 Å². The summed E-state index contributed by atoms with van der Waals surface area (Å²) in [7, 11) is 0. The number of halogens is 1. The van der Waals surface area contributed by atoms with Crippen molar-refractivity contribution in [3.05, 3.63) is 70.4 Å². The maximum atomic E-state index is 13.1. The van der Waals surface area contributed by atoms with Crippen molar-refractivity contribution in [1.82, 2.24) is 15.1 Å². The van der Waals surface area contributed by atoms with Crippen LogP contribution < -0.4 is 5.32 Å². The zero-order valence-electron chi connectivity index (χ0n) is 15.7. The number of hydrogen-bond donors (Lipinski definition) is 1. The number of nitro benzene ring substituents is 1. The highest BCUT2D eigenvalue weighted by Gasteiger charge is 2.19. The van der Waals surface area contributed by atoms with Crippen LogP contribution in [0.5, 0.6) is 0 Å². The Morgan fingerprint density at radius 3 is 2.66 bits per heavy atom. The molecular weight excluding hydrogens is 397 g/mol. The number of nitrogens with one attached hydrogen (secondary N) is 1. The van der Waals surface area contributed by atoms with Crippen molar-refractivity contribution in [3.8, 4) is 11.5 Å². The van der Waals surface area contributed by atoms with Crippen molar-refractivity contribution < 1.29 is 13.7 Å². The third-order valence-corrected chi connectivity index (χ3v) is 4.39. The summed E-state index contributed by atoms with van der Waals surface area (Å²) in [6, 6.07) is 11.9. The molecule has 29 heavy (non-hydrogen) atoms. The van der Waals surface area contributed by atoms with E-state index in [-0.39, 0.29) is 30.0 Å². The van der Waals surface area contributed by atoms with Gasteiger partial charge in [0.1, 0.15) is 5.82 Å². The van der Waals surface area contributed by atoms with Gasteiger partial charge >= 0.3 is 0 Å². The van der Waals surface area contributed by atoms with Gasteiger partial charge in [0, 0.05) is 29.4 Å². The summed E-state index contributed by atoms with van der Waals surface area (Å²) in [5, 5.41) is 22.4. The summed E-state index contributed by atoms with van der Waals surface area (Å²) in [5.41, 5.74) is 1.06. The van der Waals surface area contributed by atoms with Gasteiger partial charge in [0.15, 0.2) is 5.11 Å². The molecule has 10 heteroatoms. The van der Waals surface area contributed by atoms with E-state index in [9.17, 15) is 14.5 Å². The molecule has 1 aromatic heterocycles. The second-order valence-corrected chi connectivity index (χ2v) is 6.85. The van der Waals surface area contributed by atoms with Crippen LogP contribution in [0.4, 0.5) is 15.8 Å². The van der Waals surface area contributed by atoms with Gasteiger partial charge in [-0.1, -0.05) is 6.07 Å². The predicted octanol–water partition coefficient (Wildman–Crippen LogP) is 4.39. The van der Waals surface area contributed by atoms with E-state index in [0.29, 0.717) is 22.3 Å². The van der Waals surface area contributed by atoms with Crippen molar-refractivity contribution in [2.24, 2.45) is 0 Å². The molecule has 0 fully saturated rings. The largest absolute Gasteiger partial charge is 0.419 e. The van der Waals surface area contributed by atoms with E-state index in [1.807, 2.05) is 18.7 Å². The van der Waals surface area contributed by atoms with Crippen LogP contribution in [0.25, 0.3) is 11.5 Å². The molecule has 0 saturated carbocycles. The highest BCUT2D eigenvalue weighted by atomic mass is 32.1.